The highest BCUT2D eigenvalue weighted by Crippen LogP contribution is 2.32. The normalized spacial score (nSPS) is 26.5. The number of aliphatic hydroxyl groups excluding tert-OH is 2. The van der Waals surface area contributed by atoms with Crippen LogP contribution in [0.15, 0.2) is 41.3 Å². The van der Waals surface area contributed by atoms with Crippen molar-refractivity contribution in [1.82, 2.24) is 0 Å². The van der Waals surface area contributed by atoms with Crippen molar-refractivity contribution in [3.8, 4) is 0 Å². The van der Waals surface area contributed by atoms with E-state index in [1.165, 1.54) is 28.8 Å². The average molecular weight is 362 g/mol. The first-order chi connectivity index (χ1) is 11.9. The number of carbonyl (C=O) groups is 1. The van der Waals surface area contributed by atoms with E-state index in [1.54, 1.807) is 11.3 Å². The lowest BCUT2D eigenvalue weighted by atomic mass is 9.81. The summed E-state index contributed by atoms with van der Waals surface area (Å²) >= 11 is 1.70. The summed E-state index contributed by atoms with van der Waals surface area (Å²) in [6, 6.07) is 8.21. The molecule has 1 aliphatic carbocycles. The Morgan fingerprint density at radius 1 is 1.32 bits per heavy atom. The summed E-state index contributed by atoms with van der Waals surface area (Å²) in [7, 11) is 1.19. The van der Waals surface area contributed by atoms with Gasteiger partial charge in [-0.25, -0.2) is 4.79 Å². The largest absolute Gasteiger partial charge is 0.467 e. The van der Waals surface area contributed by atoms with Gasteiger partial charge in [-0.15, -0.1) is 11.3 Å². The second-order valence-corrected chi connectivity index (χ2v) is 7.37. The van der Waals surface area contributed by atoms with Crippen molar-refractivity contribution in [1.29, 1.82) is 0 Å². The van der Waals surface area contributed by atoms with Crippen molar-refractivity contribution in [3.05, 3.63) is 46.9 Å². The SMILES string of the molecule is COC(=O)[C@]1(O)C=C(CCCc2csc3ccccc23)[C@@H](O)[C@H](O)C1. The van der Waals surface area contributed by atoms with Gasteiger partial charge < -0.3 is 20.1 Å². The molecular weight excluding hydrogens is 340 g/mol. The van der Waals surface area contributed by atoms with E-state index in [9.17, 15) is 20.1 Å². The molecule has 0 unspecified atom stereocenters. The minimum absolute atomic E-state index is 0.264. The van der Waals surface area contributed by atoms with Gasteiger partial charge in [0.05, 0.1) is 13.2 Å². The fourth-order valence-electron chi connectivity index (χ4n) is 3.38. The molecule has 0 saturated heterocycles. The van der Waals surface area contributed by atoms with E-state index in [0.717, 1.165) is 12.8 Å². The molecule has 2 aromatic rings. The molecule has 1 aromatic heterocycles. The van der Waals surface area contributed by atoms with Crippen molar-refractivity contribution in [2.24, 2.45) is 0 Å². The minimum atomic E-state index is -1.88. The van der Waals surface area contributed by atoms with Crippen LogP contribution < -0.4 is 0 Å². The second kappa shape index (κ2) is 7.25. The number of hydrogen-bond donors (Lipinski definition) is 3. The van der Waals surface area contributed by atoms with Gasteiger partial charge in [0.25, 0.3) is 0 Å². The highest BCUT2D eigenvalue weighted by molar-refractivity contribution is 7.17. The van der Waals surface area contributed by atoms with Gasteiger partial charge in [0.1, 0.15) is 6.10 Å². The summed E-state index contributed by atoms with van der Waals surface area (Å²) in [5.74, 6) is -0.820. The van der Waals surface area contributed by atoms with Crippen LogP contribution in [0.2, 0.25) is 0 Å². The summed E-state index contributed by atoms with van der Waals surface area (Å²) < 4.78 is 5.85. The summed E-state index contributed by atoms with van der Waals surface area (Å²) in [4.78, 5) is 11.8. The molecule has 3 rings (SSSR count). The number of carbonyl (C=O) groups excluding carboxylic acids is 1. The highest BCUT2D eigenvalue weighted by atomic mass is 32.1. The first kappa shape index (κ1) is 18.1. The van der Waals surface area contributed by atoms with Crippen LogP contribution in [0.4, 0.5) is 0 Å². The Hall–Kier alpha value is -1.73. The maximum absolute atomic E-state index is 11.8. The third-order valence-electron chi connectivity index (χ3n) is 4.70. The molecular formula is C19H22O5S. The smallest absolute Gasteiger partial charge is 0.342 e. The number of esters is 1. The molecule has 1 aromatic carbocycles. The van der Waals surface area contributed by atoms with Gasteiger partial charge in [0, 0.05) is 11.1 Å². The molecule has 1 aliphatic rings. The Kier molecular flexibility index (Phi) is 5.24. The van der Waals surface area contributed by atoms with E-state index in [0.29, 0.717) is 12.0 Å². The molecule has 134 valence electrons. The Labute approximate surface area is 150 Å². The monoisotopic (exact) mass is 362 g/mol. The molecule has 0 radical (unpaired) electrons. The van der Waals surface area contributed by atoms with Gasteiger partial charge in [0.2, 0.25) is 0 Å². The maximum atomic E-state index is 11.8. The van der Waals surface area contributed by atoms with E-state index >= 15 is 0 Å². The Morgan fingerprint density at radius 2 is 2.08 bits per heavy atom. The van der Waals surface area contributed by atoms with Crippen LogP contribution in [0.1, 0.15) is 24.8 Å². The number of aliphatic hydroxyl groups is 3. The van der Waals surface area contributed by atoms with Gasteiger partial charge in [-0.3, -0.25) is 0 Å². The number of benzene rings is 1. The van der Waals surface area contributed by atoms with Crippen LogP contribution in [0.25, 0.3) is 10.1 Å². The average Bonchev–Trinajstić information content (AvgIpc) is 3.01. The number of rotatable bonds is 5. The number of aryl methyl sites for hydroxylation is 1. The number of fused-ring (bicyclic) bond motifs is 1. The molecule has 0 fully saturated rings. The van der Waals surface area contributed by atoms with Crippen molar-refractivity contribution in [2.45, 2.75) is 43.5 Å². The third kappa shape index (κ3) is 3.62. The molecule has 0 saturated carbocycles. The number of thiophene rings is 1. The van der Waals surface area contributed by atoms with Crippen LogP contribution in [0.5, 0.6) is 0 Å². The highest BCUT2D eigenvalue weighted by Gasteiger charge is 2.44. The van der Waals surface area contributed by atoms with E-state index < -0.39 is 23.8 Å². The van der Waals surface area contributed by atoms with Crippen molar-refractivity contribution in [2.75, 3.05) is 7.11 Å². The molecule has 25 heavy (non-hydrogen) atoms. The summed E-state index contributed by atoms with van der Waals surface area (Å²) in [5, 5.41) is 33.9. The van der Waals surface area contributed by atoms with Crippen molar-refractivity contribution < 1.29 is 24.9 Å². The zero-order chi connectivity index (χ0) is 18.0. The molecule has 3 N–H and O–H groups in total. The first-order valence-corrected chi connectivity index (χ1v) is 9.16. The van der Waals surface area contributed by atoms with Crippen LogP contribution in [-0.4, -0.2) is 46.2 Å². The molecule has 0 bridgehead atoms. The first-order valence-electron chi connectivity index (χ1n) is 8.28. The molecule has 5 nitrogen and oxygen atoms in total. The van der Waals surface area contributed by atoms with Gasteiger partial charge in [-0.05, 0) is 53.3 Å². The van der Waals surface area contributed by atoms with Gasteiger partial charge in [0.15, 0.2) is 5.60 Å². The minimum Gasteiger partial charge on any atom is -0.467 e. The molecule has 6 heteroatoms. The Bertz CT molecular complexity index is 796. The second-order valence-electron chi connectivity index (χ2n) is 6.46. The van der Waals surface area contributed by atoms with Crippen LogP contribution >= 0.6 is 11.3 Å². The Morgan fingerprint density at radius 3 is 2.84 bits per heavy atom. The molecule has 0 amide bonds. The predicted octanol–water partition coefficient (Wildman–Crippen LogP) is 2.18. The van der Waals surface area contributed by atoms with E-state index in [1.807, 2.05) is 12.1 Å². The van der Waals surface area contributed by atoms with E-state index in [2.05, 4.69) is 22.2 Å². The number of ether oxygens (including phenoxy) is 1. The zero-order valence-corrected chi connectivity index (χ0v) is 14.8. The summed E-state index contributed by atoms with van der Waals surface area (Å²) in [5.41, 5.74) is -0.154. The maximum Gasteiger partial charge on any atom is 0.342 e. The van der Waals surface area contributed by atoms with Crippen LogP contribution in [0, 0.1) is 0 Å². The summed E-state index contributed by atoms with van der Waals surface area (Å²) in [6.45, 7) is 0. The Balaban J connectivity index is 1.71. The lowest BCUT2D eigenvalue weighted by molar-refractivity contribution is -0.162. The zero-order valence-electron chi connectivity index (χ0n) is 14.0. The van der Waals surface area contributed by atoms with Crippen LogP contribution in [0.3, 0.4) is 0 Å². The van der Waals surface area contributed by atoms with E-state index in [-0.39, 0.29) is 6.42 Å². The quantitative estimate of drug-likeness (QED) is 0.561. The lowest BCUT2D eigenvalue weighted by Crippen LogP contribution is -2.48. The van der Waals surface area contributed by atoms with E-state index in [4.69, 9.17) is 0 Å². The van der Waals surface area contributed by atoms with Crippen molar-refractivity contribution in [3.63, 3.8) is 0 Å². The standard InChI is InChI=1S/C19H22O5S/c1-24-18(22)19(23)9-12(17(21)15(20)10-19)5-4-6-13-11-25-16-8-3-2-7-14(13)16/h2-3,7-9,11,15,17,20-21,23H,4-6,10H2,1H3/t15-,17-,19+/m1/s1. The molecule has 1 heterocycles. The van der Waals surface area contributed by atoms with Gasteiger partial charge in [-0.1, -0.05) is 18.2 Å². The topological polar surface area (TPSA) is 87.0 Å². The summed E-state index contributed by atoms with van der Waals surface area (Å²) in [6.07, 6.45) is 0.882. The molecule has 3 atom stereocenters. The molecule has 0 aliphatic heterocycles. The van der Waals surface area contributed by atoms with Crippen LogP contribution in [-0.2, 0) is 16.0 Å². The van der Waals surface area contributed by atoms with Gasteiger partial charge >= 0.3 is 5.97 Å². The predicted molar refractivity (Wildman–Crippen MR) is 96.4 cm³/mol. The number of methoxy groups -OCH3 is 1. The fraction of sp³-hybridized carbons (Fsp3) is 0.421. The molecule has 0 spiro atoms. The fourth-order valence-corrected chi connectivity index (χ4v) is 4.37. The lowest BCUT2D eigenvalue weighted by Gasteiger charge is -2.34. The third-order valence-corrected chi connectivity index (χ3v) is 5.71. The number of hydrogen-bond acceptors (Lipinski definition) is 6. The van der Waals surface area contributed by atoms with Crippen molar-refractivity contribution >= 4 is 27.4 Å². The van der Waals surface area contributed by atoms with Gasteiger partial charge in [-0.2, -0.15) is 0 Å².